The molecule has 0 spiro atoms. The number of benzene rings is 2. The van der Waals surface area contributed by atoms with E-state index < -0.39 is 0 Å². The molecule has 1 aliphatic rings. The Bertz CT molecular complexity index is 916. The molecule has 1 aliphatic heterocycles. The summed E-state index contributed by atoms with van der Waals surface area (Å²) in [5.74, 6) is 0.878. The Balaban J connectivity index is 1.61. The summed E-state index contributed by atoms with van der Waals surface area (Å²) in [5.41, 5.74) is 3.68. The number of methoxy groups -OCH3 is 1. The van der Waals surface area contributed by atoms with E-state index in [1.54, 1.807) is 13.4 Å². The zero-order chi connectivity index (χ0) is 16.7. The van der Waals surface area contributed by atoms with E-state index in [0.717, 1.165) is 35.3 Å². The standard InChI is InChI=1S/C19H19N3O2/c1-21-12-20-16-11-14(6-7-18(16)21)19(23)22-9-8-17(22)13-4-3-5-15(10-13)24-2/h3-7,10-12,17H,8-9H2,1-2H3. The molecule has 1 amide bonds. The monoisotopic (exact) mass is 321 g/mol. The highest BCUT2D eigenvalue weighted by Gasteiger charge is 2.34. The lowest BCUT2D eigenvalue weighted by molar-refractivity contribution is 0.0460. The second-order valence-electron chi connectivity index (χ2n) is 6.14. The van der Waals surface area contributed by atoms with Gasteiger partial charge in [-0.05, 0) is 42.3 Å². The van der Waals surface area contributed by atoms with Gasteiger partial charge in [-0.25, -0.2) is 4.98 Å². The molecule has 4 rings (SSSR count). The number of likely N-dealkylation sites (tertiary alicyclic amines) is 1. The smallest absolute Gasteiger partial charge is 0.254 e. The highest BCUT2D eigenvalue weighted by Crippen LogP contribution is 2.36. The predicted octanol–water partition coefficient (Wildman–Crippen LogP) is 3.17. The molecule has 3 aromatic rings. The lowest BCUT2D eigenvalue weighted by Crippen LogP contribution is -2.45. The van der Waals surface area contributed by atoms with Gasteiger partial charge in [0.15, 0.2) is 0 Å². The number of imidazole rings is 1. The summed E-state index contributed by atoms with van der Waals surface area (Å²) < 4.78 is 7.24. The van der Waals surface area contributed by atoms with Gasteiger partial charge in [0, 0.05) is 19.2 Å². The van der Waals surface area contributed by atoms with Crippen LogP contribution in [0.2, 0.25) is 0 Å². The number of amides is 1. The van der Waals surface area contributed by atoms with Crippen LogP contribution in [0.3, 0.4) is 0 Å². The number of aromatic nitrogens is 2. The third-order valence-electron chi connectivity index (χ3n) is 4.73. The highest BCUT2D eigenvalue weighted by atomic mass is 16.5. The van der Waals surface area contributed by atoms with E-state index in [4.69, 9.17) is 4.74 Å². The van der Waals surface area contributed by atoms with Gasteiger partial charge >= 0.3 is 0 Å². The van der Waals surface area contributed by atoms with E-state index in [1.165, 1.54) is 0 Å². The van der Waals surface area contributed by atoms with Gasteiger partial charge in [-0.15, -0.1) is 0 Å². The van der Waals surface area contributed by atoms with Gasteiger partial charge in [-0.2, -0.15) is 0 Å². The van der Waals surface area contributed by atoms with Crippen molar-refractivity contribution in [2.24, 2.45) is 7.05 Å². The van der Waals surface area contributed by atoms with Gasteiger partial charge < -0.3 is 14.2 Å². The predicted molar refractivity (Wildman–Crippen MR) is 92.1 cm³/mol. The fraction of sp³-hybridized carbons (Fsp3) is 0.263. The van der Waals surface area contributed by atoms with Crippen molar-refractivity contribution in [3.8, 4) is 5.75 Å². The van der Waals surface area contributed by atoms with Gasteiger partial charge in [0.05, 0.1) is 30.5 Å². The van der Waals surface area contributed by atoms with Crippen LogP contribution < -0.4 is 4.74 Å². The fourth-order valence-corrected chi connectivity index (χ4v) is 3.26. The number of carbonyl (C=O) groups is 1. The van der Waals surface area contributed by atoms with Crippen LogP contribution in [0.15, 0.2) is 48.8 Å². The molecule has 0 radical (unpaired) electrons. The van der Waals surface area contributed by atoms with Crippen LogP contribution in [-0.4, -0.2) is 34.0 Å². The molecule has 0 N–H and O–H groups in total. The summed E-state index contributed by atoms with van der Waals surface area (Å²) in [5, 5.41) is 0. The second-order valence-corrected chi connectivity index (χ2v) is 6.14. The van der Waals surface area contributed by atoms with E-state index in [1.807, 2.05) is 52.9 Å². The van der Waals surface area contributed by atoms with Gasteiger partial charge in [-0.1, -0.05) is 12.1 Å². The van der Waals surface area contributed by atoms with Crippen molar-refractivity contribution in [2.75, 3.05) is 13.7 Å². The topological polar surface area (TPSA) is 47.4 Å². The van der Waals surface area contributed by atoms with Crippen LogP contribution in [0.4, 0.5) is 0 Å². The molecule has 1 atom stereocenters. The maximum absolute atomic E-state index is 12.9. The first-order chi connectivity index (χ1) is 11.7. The third kappa shape index (κ3) is 2.33. The van der Waals surface area contributed by atoms with Crippen molar-refractivity contribution in [1.29, 1.82) is 0 Å². The first kappa shape index (κ1) is 14.8. The Hall–Kier alpha value is -2.82. The minimum Gasteiger partial charge on any atom is -0.497 e. The summed E-state index contributed by atoms with van der Waals surface area (Å²) >= 11 is 0. The molecular weight excluding hydrogens is 302 g/mol. The van der Waals surface area contributed by atoms with Gasteiger partial charge in [0.2, 0.25) is 0 Å². The lowest BCUT2D eigenvalue weighted by atomic mass is 9.93. The minimum atomic E-state index is 0.0571. The number of hydrogen-bond donors (Lipinski definition) is 0. The van der Waals surface area contributed by atoms with E-state index in [-0.39, 0.29) is 11.9 Å². The molecule has 1 fully saturated rings. The SMILES string of the molecule is COc1cccc(C2CCN2C(=O)c2ccc3c(c2)ncn3C)c1. The number of aryl methyl sites for hydroxylation is 1. The first-order valence-electron chi connectivity index (χ1n) is 8.03. The third-order valence-corrected chi connectivity index (χ3v) is 4.73. The quantitative estimate of drug-likeness (QED) is 0.744. The van der Waals surface area contributed by atoms with Crippen LogP contribution in [-0.2, 0) is 7.05 Å². The summed E-state index contributed by atoms with van der Waals surface area (Å²) in [6.45, 7) is 0.779. The number of rotatable bonds is 3. The average molecular weight is 321 g/mol. The van der Waals surface area contributed by atoms with E-state index in [2.05, 4.69) is 11.1 Å². The van der Waals surface area contributed by atoms with Crippen molar-refractivity contribution in [3.63, 3.8) is 0 Å². The summed E-state index contributed by atoms with van der Waals surface area (Å²) in [7, 11) is 3.61. The maximum Gasteiger partial charge on any atom is 0.254 e. The largest absolute Gasteiger partial charge is 0.497 e. The molecule has 0 aliphatic carbocycles. The normalized spacial score (nSPS) is 16.9. The Morgan fingerprint density at radius 1 is 1.25 bits per heavy atom. The van der Waals surface area contributed by atoms with Crippen molar-refractivity contribution in [1.82, 2.24) is 14.5 Å². The van der Waals surface area contributed by atoms with Crippen molar-refractivity contribution < 1.29 is 9.53 Å². The Morgan fingerprint density at radius 3 is 2.88 bits per heavy atom. The Morgan fingerprint density at radius 2 is 2.12 bits per heavy atom. The zero-order valence-electron chi connectivity index (χ0n) is 13.8. The Kier molecular flexibility index (Phi) is 3.49. The van der Waals surface area contributed by atoms with Crippen molar-refractivity contribution in [3.05, 3.63) is 59.9 Å². The van der Waals surface area contributed by atoms with Gasteiger partial charge in [-0.3, -0.25) is 4.79 Å². The molecule has 0 saturated carbocycles. The second kappa shape index (κ2) is 5.67. The molecule has 1 saturated heterocycles. The van der Waals surface area contributed by atoms with Crippen molar-refractivity contribution >= 4 is 16.9 Å². The maximum atomic E-state index is 12.9. The molecule has 5 heteroatoms. The number of nitrogens with zero attached hydrogens (tertiary/aromatic N) is 3. The number of hydrogen-bond acceptors (Lipinski definition) is 3. The van der Waals surface area contributed by atoms with E-state index >= 15 is 0 Å². The van der Waals surface area contributed by atoms with Crippen LogP contribution in [0, 0.1) is 0 Å². The average Bonchev–Trinajstić information content (AvgIpc) is 2.94. The molecular formula is C19H19N3O2. The summed E-state index contributed by atoms with van der Waals surface area (Å²) in [6.07, 6.45) is 2.74. The van der Waals surface area contributed by atoms with Crippen LogP contribution in [0.5, 0.6) is 5.75 Å². The van der Waals surface area contributed by atoms with E-state index in [0.29, 0.717) is 5.56 Å². The molecule has 2 aromatic carbocycles. The molecule has 5 nitrogen and oxygen atoms in total. The zero-order valence-corrected chi connectivity index (χ0v) is 13.8. The van der Waals surface area contributed by atoms with E-state index in [9.17, 15) is 4.79 Å². The molecule has 122 valence electrons. The number of carbonyl (C=O) groups excluding carboxylic acids is 1. The molecule has 24 heavy (non-hydrogen) atoms. The van der Waals surface area contributed by atoms with Gasteiger partial charge in [0.1, 0.15) is 5.75 Å². The molecule has 1 unspecified atom stereocenters. The van der Waals surface area contributed by atoms with Crippen molar-refractivity contribution in [2.45, 2.75) is 12.5 Å². The van der Waals surface area contributed by atoms with Crippen LogP contribution in [0.25, 0.3) is 11.0 Å². The van der Waals surface area contributed by atoms with Crippen LogP contribution >= 0.6 is 0 Å². The highest BCUT2D eigenvalue weighted by molar-refractivity contribution is 5.98. The molecule has 0 bridgehead atoms. The van der Waals surface area contributed by atoms with Crippen LogP contribution in [0.1, 0.15) is 28.4 Å². The number of fused-ring (bicyclic) bond motifs is 1. The fourth-order valence-electron chi connectivity index (χ4n) is 3.26. The summed E-state index contributed by atoms with van der Waals surface area (Å²) in [6, 6.07) is 13.8. The number of ether oxygens (including phenoxy) is 1. The lowest BCUT2D eigenvalue weighted by Gasteiger charge is -2.41. The molecule has 2 heterocycles. The Labute approximate surface area is 140 Å². The minimum absolute atomic E-state index is 0.0571. The van der Waals surface area contributed by atoms with Gasteiger partial charge in [0.25, 0.3) is 5.91 Å². The first-order valence-corrected chi connectivity index (χ1v) is 8.03. The summed E-state index contributed by atoms with van der Waals surface area (Å²) in [4.78, 5) is 19.1. The molecule has 1 aromatic heterocycles.